The summed E-state index contributed by atoms with van der Waals surface area (Å²) in [6, 6.07) is 0. The van der Waals surface area contributed by atoms with Gasteiger partial charge in [0.15, 0.2) is 6.10 Å². The van der Waals surface area contributed by atoms with Crippen LogP contribution in [0.2, 0.25) is 0 Å². The zero-order chi connectivity index (χ0) is 12.0. The highest BCUT2D eigenvalue weighted by Gasteiger charge is 2.40. The SMILES string of the molecule is CCCCC1(CCCC)CCC(O)C(=O)O1. The van der Waals surface area contributed by atoms with Crippen LogP contribution in [-0.2, 0) is 9.53 Å². The minimum absolute atomic E-state index is 0.275. The molecule has 1 aliphatic rings. The lowest BCUT2D eigenvalue weighted by Crippen LogP contribution is -2.44. The van der Waals surface area contributed by atoms with Crippen molar-refractivity contribution in [3.63, 3.8) is 0 Å². The van der Waals surface area contributed by atoms with E-state index < -0.39 is 12.1 Å². The summed E-state index contributed by atoms with van der Waals surface area (Å²) in [5, 5.41) is 9.39. The Balaban J connectivity index is 2.59. The van der Waals surface area contributed by atoms with Crippen molar-refractivity contribution in [2.45, 2.75) is 76.9 Å². The van der Waals surface area contributed by atoms with E-state index in [1.54, 1.807) is 0 Å². The Morgan fingerprint density at radius 3 is 2.31 bits per heavy atom. The molecule has 0 amide bonds. The molecule has 1 unspecified atom stereocenters. The molecule has 16 heavy (non-hydrogen) atoms. The highest BCUT2D eigenvalue weighted by molar-refractivity contribution is 5.75. The van der Waals surface area contributed by atoms with Gasteiger partial charge in [0.05, 0.1) is 0 Å². The fraction of sp³-hybridized carbons (Fsp3) is 0.923. The van der Waals surface area contributed by atoms with Crippen molar-refractivity contribution in [3.8, 4) is 0 Å². The van der Waals surface area contributed by atoms with Gasteiger partial charge in [0.2, 0.25) is 0 Å². The molecule has 1 atom stereocenters. The first kappa shape index (κ1) is 13.5. The first-order chi connectivity index (χ1) is 7.63. The summed E-state index contributed by atoms with van der Waals surface area (Å²) in [4.78, 5) is 11.5. The molecule has 94 valence electrons. The maximum absolute atomic E-state index is 11.5. The molecule has 0 spiro atoms. The molecule has 1 N–H and O–H groups in total. The van der Waals surface area contributed by atoms with Crippen molar-refractivity contribution >= 4 is 5.97 Å². The fourth-order valence-electron chi connectivity index (χ4n) is 2.33. The van der Waals surface area contributed by atoms with Crippen LogP contribution in [0.15, 0.2) is 0 Å². The molecule has 1 saturated heterocycles. The molecule has 3 heteroatoms. The van der Waals surface area contributed by atoms with Gasteiger partial charge in [-0.25, -0.2) is 4.79 Å². The van der Waals surface area contributed by atoms with E-state index in [1.807, 2.05) is 0 Å². The monoisotopic (exact) mass is 228 g/mol. The standard InChI is InChI=1S/C13H24O3/c1-3-5-8-13(9-6-4-2)10-7-11(14)12(15)16-13/h11,14H,3-10H2,1-2H3. The summed E-state index contributed by atoms with van der Waals surface area (Å²) in [5.41, 5.74) is -0.275. The molecule has 0 aromatic carbocycles. The predicted molar refractivity (Wildman–Crippen MR) is 63.1 cm³/mol. The molecule has 0 bridgehead atoms. The summed E-state index contributed by atoms with van der Waals surface area (Å²) >= 11 is 0. The Labute approximate surface area is 98.2 Å². The number of carbonyl (C=O) groups is 1. The van der Waals surface area contributed by atoms with Gasteiger partial charge >= 0.3 is 5.97 Å². The lowest BCUT2D eigenvalue weighted by molar-refractivity contribution is -0.183. The largest absolute Gasteiger partial charge is 0.457 e. The summed E-state index contributed by atoms with van der Waals surface area (Å²) < 4.78 is 5.50. The Hall–Kier alpha value is -0.570. The van der Waals surface area contributed by atoms with Crippen LogP contribution in [0.4, 0.5) is 0 Å². The number of cyclic esters (lactones) is 1. The molecule has 0 saturated carbocycles. The van der Waals surface area contributed by atoms with Crippen LogP contribution in [0.5, 0.6) is 0 Å². The minimum atomic E-state index is -0.892. The van der Waals surface area contributed by atoms with Crippen molar-refractivity contribution in [1.82, 2.24) is 0 Å². The van der Waals surface area contributed by atoms with Gasteiger partial charge < -0.3 is 9.84 Å². The number of unbranched alkanes of at least 4 members (excludes halogenated alkanes) is 2. The first-order valence-corrected chi connectivity index (χ1v) is 6.54. The zero-order valence-electron chi connectivity index (χ0n) is 10.5. The molecule has 3 nitrogen and oxygen atoms in total. The first-order valence-electron chi connectivity index (χ1n) is 6.54. The Bertz CT molecular complexity index is 212. The van der Waals surface area contributed by atoms with Gasteiger partial charge in [-0.05, 0) is 38.5 Å². The van der Waals surface area contributed by atoms with E-state index in [0.29, 0.717) is 6.42 Å². The number of hydrogen-bond acceptors (Lipinski definition) is 3. The molecule has 1 fully saturated rings. The number of carbonyl (C=O) groups excluding carboxylic acids is 1. The highest BCUT2D eigenvalue weighted by Crippen LogP contribution is 2.35. The second-order valence-electron chi connectivity index (χ2n) is 4.87. The van der Waals surface area contributed by atoms with Crippen LogP contribution < -0.4 is 0 Å². The van der Waals surface area contributed by atoms with Gasteiger partial charge in [0, 0.05) is 0 Å². The van der Waals surface area contributed by atoms with Crippen molar-refractivity contribution in [1.29, 1.82) is 0 Å². The molecular formula is C13H24O3. The third-order valence-electron chi connectivity index (χ3n) is 3.43. The summed E-state index contributed by atoms with van der Waals surface area (Å²) in [5.74, 6) is -0.418. The Morgan fingerprint density at radius 1 is 1.31 bits per heavy atom. The number of hydrogen-bond donors (Lipinski definition) is 1. The minimum Gasteiger partial charge on any atom is -0.457 e. The molecule has 0 radical (unpaired) electrons. The maximum atomic E-state index is 11.5. The lowest BCUT2D eigenvalue weighted by atomic mass is 9.83. The quantitative estimate of drug-likeness (QED) is 0.711. The van der Waals surface area contributed by atoms with Crippen molar-refractivity contribution in [2.75, 3.05) is 0 Å². The van der Waals surface area contributed by atoms with E-state index in [4.69, 9.17) is 4.74 Å². The average molecular weight is 228 g/mol. The topological polar surface area (TPSA) is 46.5 Å². The van der Waals surface area contributed by atoms with E-state index in [0.717, 1.165) is 44.9 Å². The van der Waals surface area contributed by atoms with Gasteiger partial charge in [-0.1, -0.05) is 26.7 Å². The number of ether oxygens (including phenoxy) is 1. The number of aliphatic hydroxyl groups is 1. The smallest absolute Gasteiger partial charge is 0.335 e. The van der Waals surface area contributed by atoms with Crippen LogP contribution in [0, 0.1) is 0 Å². The zero-order valence-corrected chi connectivity index (χ0v) is 10.5. The van der Waals surface area contributed by atoms with Gasteiger partial charge in [-0.15, -0.1) is 0 Å². The van der Waals surface area contributed by atoms with Crippen LogP contribution >= 0.6 is 0 Å². The van der Waals surface area contributed by atoms with Crippen LogP contribution in [-0.4, -0.2) is 22.8 Å². The van der Waals surface area contributed by atoms with Gasteiger partial charge in [0.25, 0.3) is 0 Å². The van der Waals surface area contributed by atoms with Crippen molar-refractivity contribution in [2.24, 2.45) is 0 Å². The lowest BCUT2D eigenvalue weighted by Gasteiger charge is -2.38. The van der Waals surface area contributed by atoms with E-state index >= 15 is 0 Å². The van der Waals surface area contributed by atoms with Crippen LogP contribution in [0.25, 0.3) is 0 Å². The van der Waals surface area contributed by atoms with E-state index in [1.165, 1.54) is 0 Å². The van der Waals surface area contributed by atoms with E-state index in [-0.39, 0.29) is 5.60 Å². The van der Waals surface area contributed by atoms with Crippen LogP contribution in [0.1, 0.15) is 65.2 Å². The Kier molecular flexibility index (Phi) is 5.26. The third kappa shape index (κ3) is 3.48. The summed E-state index contributed by atoms with van der Waals surface area (Å²) in [7, 11) is 0. The van der Waals surface area contributed by atoms with Crippen molar-refractivity contribution < 1.29 is 14.6 Å². The predicted octanol–water partition coefficient (Wildman–Crippen LogP) is 2.80. The number of aliphatic hydroxyl groups excluding tert-OH is 1. The summed E-state index contributed by atoms with van der Waals surface area (Å²) in [6.07, 6.45) is 6.80. The molecule has 0 aromatic heterocycles. The molecule has 0 aromatic rings. The van der Waals surface area contributed by atoms with Gasteiger partial charge in [0.1, 0.15) is 5.60 Å². The molecule has 0 aliphatic carbocycles. The molecule has 1 heterocycles. The molecular weight excluding hydrogens is 204 g/mol. The number of esters is 1. The van der Waals surface area contributed by atoms with E-state index in [2.05, 4.69) is 13.8 Å². The van der Waals surface area contributed by atoms with Gasteiger partial charge in [-0.3, -0.25) is 0 Å². The normalized spacial score (nSPS) is 24.2. The van der Waals surface area contributed by atoms with E-state index in [9.17, 15) is 9.90 Å². The third-order valence-corrected chi connectivity index (χ3v) is 3.43. The second kappa shape index (κ2) is 6.24. The molecule has 1 aliphatic heterocycles. The fourth-order valence-corrected chi connectivity index (χ4v) is 2.33. The Morgan fingerprint density at radius 2 is 1.88 bits per heavy atom. The molecule has 1 rings (SSSR count). The van der Waals surface area contributed by atoms with Crippen molar-refractivity contribution in [3.05, 3.63) is 0 Å². The highest BCUT2D eigenvalue weighted by atomic mass is 16.6. The van der Waals surface area contributed by atoms with Crippen LogP contribution in [0.3, 0.4) is 0 Å². The maximum Gasteiger partial charge on any atom is 0.335 e. The summed E-state index contributed by atoms with van der Waals surface area (Å²) in [6.45, 7) is 4.29. The second-order valence-corrected chi connectivity index (χ2v) is 4.87. The number of rotatable bonds is 6. The van der Waals surface area contributed by atoms with Gasteiger partial charge in [-0.2, -0.15) is 0 Å². The average Bonchev–Trinajstić information content (AvgIpc) is 2.29.